The molecule has 0 radical (unpaired) electrons. The minimum atomic E-state index is -0.365. The first-order chi connectivity index (χ1) is 14.4. The zero-order valence-electron chi connectivity index (χ0n) is 18.5. The first-order valence-corrected chi connectivity index (χ1v) is 11.1. The van der Waals surface area contributed by atoms with E-state index in [1.165, 1.54) is 0 Å². The Morgan fingerprint density at radius 1 is 1.13 bits per heavy atom. The molecular weight excluding hydrogens is 374 g/mol. The summed E-state index contributed by atoms with van der Waals surface area (Å²) in [7, 11) is 0. The standard InChI is InChI=1S/C26H35NO3/c1-4-5-11-25(29)26(2,3)21-12-14-22(15-13-21)27-17-16-24(28)23(27)19-30-18-20-9-7-6-8-10-20/h6-10,12-15,23,25,29H,4-5,11,16-19H2,1-3H3. The van der Waals surface area contributed by atoms with Crippen molar-refractivity contribution in [3.05, 3.63) is 65.7 Å². The molecule has 0 bridgehead atoms. The van der Waals surface area contributed by atoms with Gasteiger partial charge in [0.15, 0.2) is 5.78 Å². The summed E-state index contributed by atoms with van der Waals surface area (Å²) in [5.41, 5.74) is 2.98. The van der Waals surface area contributed by atoms with E-state index in [1.54, 1.807) is 0 Å². The smallest absolute Gasteiger partial charge is 0.159 e. The summed E-state index contributed by atoms with van der Waals surface area (Å²) in [6.07, 6.45) is 3.12. The quantitative estimate of drug-likeness (QED) is 0.608. The monoisotopic (exact) mass is 409 g/mol. The molecule has 0 spiro atoms. The normalized spacial score (nSPS) is 18.1. The zero-order valence-corrected chi connectivity index (χ0v) is 18.5. The van der Waals surface area contributed by atoms with E-state index in [-0.39, 0.29) is 23.3 Å². The highest BCUT2D eigenvalue weighted by Crippen LogP contribution is 2.32. The number of anilines is 1. The Bertz CT molecular complexity index is 801. The van der Waals surface area contributed by atoms with Crippen molar-refractivity contribution in [1.82, 2.24) is 0 Å². The third kappa shape index (κ3) is 5.30. The molecule has 30 heavy (non-hydrogen) atoms. The van der Waals surface area contributed by atoms with Crippen molar-refractivity contribution in [3.63, 3.8) is 0 Å². The summed E-state index contributed by atoms with van der Waals surface area (Å²) in [5, 5.41) is 10.6. The van der Waals surface area contributed by atoms with E-state index in [0.29, 0.717) is 19.6 Å². The lowest BCUT2D eigenvalue weighted by Gasteiger charge is -2.32. The summed E-state index contributed by atoms with van der Waals surface area (Å²) in [4.78, 5) is 14.6. The maximum absolute atomic E-state index is 12.5. The molecule has 3 rings (SSSR count). The fraction of sp³-hybridized carbons (Fsp3) is 0.500. The molecule has 162 valence electrons. The molecule has 2 aromatic carbocycles. The highest BCUT2D eigenvalue weighted by molar-refractivity contribution is 5.91. The van der Waals surface area contributed by atoms with Gasteiger partial charge < -0.3 is 14.7 Å². The Balaban J connectivity index is 1.64. The van der Waals surface area contributed by atoms with Crippen LogP contribution in [0.15, 0.2) is 54.6 Å². The van der Waals surface area contributed by atoms with Crippen LogP contribution in [0, 0.1) is 0 Å². The number of nitrogens with zero attached hydrogens (tertiary/aromatic N) is 1. The van der Waals surface area contributed by atoms with E-state index in [0.717, 1.165) is 42.6 Å². The molecule has 1 aliphatic rings. The van der Waals surface area contributed by atoms with E-state index < -0.39 is 0 Å². The summed E-state index contributed by atoms with van der Waals surface area (Å²) in [5.74, 6) is 0.238. The average molecular weight is 410 g/mol. The minimum absolute atomic E-state index is 0.234. The fourth-order valence-electron chi connectivity index (χ4n) is 4.11. The van der Waals surface area contributed by atoms with Gasteiger partial charge in [-0.05, 0) is 29.7 Å². The molecule has 0 aromatic heterocycles. The van der Waals surface area contributed by atoms with Crippen molar-refractivity contribution in [2.24, 2.45) is 0 Å². The second-order valence-electron chi connectivity index (χ2n) is 8.85. The molecule has 2 aromatic rings. The highest BCUT2D eigenvalue weighted by atomic mass is 16.5. The van der Waals surface area contributed by atoms with Crippen LogP contribution < -0.4 is 4.90 Å². The molecule has 1 saturated heterocycles. The molecule has 2 atom stereocenters. The van der Waals surface area contributed by atoms with Gasteiger partial charge in [-0.3, -0.25) is 4.79 Å². The van der Waals surface area contributed by atoms with E-state index in [1.807, 2.05) is 30.3 Å². The van der Waals surface area contributed by atoms with Gasteiger partial charge in [0.05, 0.1) is 19.3 Å². The van der Waals surface area contributed by atoms with Crippen LogP contribution in [0.4, 0.5) is 5.69 Å². The number of benzene rings is 2. The predicted molar refractivity (Wildman–Crippen MR) is 122 cm³/mol. The lowest BCUT2D eigenvalue weighted by molar-refractivity contribution is -0.119. The second kappa shape index (κ2) is 10.2. The first-order valence-electron chi connectivity index (χ1n) is 11.1. The number of Topliss-reactive ketones (excluding diaryl/α,β-unsaturated/α-hetero) is 1. The third-order valence-corrected chi connectivity index (χ3v) is 6.34. The Morgan fingerprint density at radius 2 is 1.83 bits per heavy atom. The van der Waals surface area contributed by atoms with Gasteiger partial charge >= 0.3 is 0 Å². The van der Waals surface area contributed by atoms with Gasteiger partial charge in [0.1, 0.15) is 6.04 Å². The van der Waals surface area contributed by atoms with Crippen LogP contribution >= 0.6 is 0 Å². The number of carbonyl (C=O) groups excluding carboxylic acids is 1. The predicted octanol–water partition coefficient (Wildman–Crippen LogP) is 4.88. The van der Waals surface area contributed by atoms with Crippen LogP contribution in [0.5, 0.6) is 0 Å². The second-order valence-corrected chi connectivity index (χ2v) is 8.85. The Labute approximate surface area is 180 Å². The number of rotatable bonds is 10. The van der Waals surface area contributed by atoms with Crippen molar-refractivity contribution in [2.45, 2.75) is 70.6 Å². The molecule has 4 heteroatoms. The fourth-order valence-corrected chi connectivity index (χ4v) is 4.11. The topological polar surface area (TPSA) is 49.8 Å². The number of aliphatic hydroxyl groups is 1. The average Bonchev–Trinajstić information content (AvgIpc) is 3.13. The van der Waals surface area contributed by atoms with E-state index in [2.05, 4.69) is 49.9 Å². The van der Waals surface area contributed by atoms with Gasteiger partial charge in [0.25, 0.3) is 0 Å². The number of carbonyl (C=O) groups is 1. The molecule has 0 amide bonds. The zero-order chi connectivity index (χ0) is 21.6. The van der Waals surface area contributed by atoms with Crippen LogP contribution in [0.1, 0.15) is 57.6 Å². The van der Waals surface area contributed by atoms with Gasteiger partial charge in [-0.15, -0.1) is 0 Å². The van der Waals surface area contributed by atoms with E-state index >= 15 is 0 Å². The van der Waals surface area contributed by atoms with Crippen molar-refractivity contribution in [2.75, 3.05) is 18.1 Å². The van der Waals surface area contributed by atoms with Crippen molar-refractivity contribution in [1.29, 1.82) is 0 Å². The summed E-state index contributed by atoms with van der Waals surface area (Å²) in [6, 6.07) is 18.1. The van der Waals surface area contributed by atoms with E-state index in [4.69, 9.17) is 4.74 Å². The van der Waals surface area contributed by atoms with Gasteiger partial charge in [-0.1, -0.05) is 76.1 Å². The summed E-state index contributed by atoms with van der Waals surface area (Å²) < 4.78 is 5.88. The molecule has 1 aliphatic heterocycles. The van der Waals surface area contributed by atoms with Crippen molar-refractivity contribution >= 4 is 11.5 Å². The van der Waals surface area contributed by atoms with E-state index in [9.17, 15) is 9.90 Å². The third-order valence-electron chi connectivity index (χ3n) is 6.34. The number of unbranched alkanes of at least 4 members (excludes halogenated alkanes) is 1. The van der Waals surface area contributed by atoms with Crippen LogP contribution in [-0.2, 0) is 21.6 Å². The van der Waals surface area contributed by atoms with Crippen molar-refractivity contribution < 1.29 is 14.6 Å². The molecule has 2 unspecified atom stereocenters. The SMILES string of the molecule is CCCCC(O)C(C)(C)c1ccc(N2CCC(=O)C2COCc2ccccc2)cc1. The highest BCUT2D eigenvalue weighted by Gasteiger charge is 2.33. The summed E-state index contributed by atoms with van der Waals surface area (Å²) in [6.45, 7) is 7.98. The lowest BCUT2D eigenvalue weighted by atomic mass is 9.77. The molecule has 0 saturated carbocycles. The number of aliphatic hydroxyl groups excluding tert-OH is 1. The number of ketones is 1. The van der Waals surface area contributed by atoms with Crippen LogP contribution in [0.25, 0.3) is 0 Å². The minimum Gasteiger partial charge on any atom is -0.392 e. The first kappa shape index (κ1) is 22.5. The number of ether oxygens (including phenoxy) is 1. The maximum Gasteiger partial charge on any atom is 0.159 e. The Hall–Kier alpha value is -2.17. The molecule has 1 N–H and O–H groups in total. The van der Waals surface area contributed by atoms with Crippen LogP contribution in [0.3, 0.4) is 0 Å². The molecule has 4 nitrogen and oxygen atoms in total. The number of hydrogen-bond donors (Lipinski definition) is 1. The van der Waals surface area contributed by atoms with Gasteiger partial charge in [0, 0.05) is 24.1 Å². The Kier molecular flexibility index (Phi) is 7.68. The summed E-state index contributed by atoms with van der Waals surface area (Å²) >= 11 is 0. The van der Waals surface area contributed by atoms with Gasteiger partial charge in [-0.25, -0.2) is 0 Å². The molecule has 1 heterocycles. The van der Waals surface area contributed by atoms with Gasteiger partial charge in [-0.2, -0.15) is 0 Å². The number of hydrogen-bond acceptors (Lipinski definition) is 4. The van der Waals surface area contributed by atoms with Crippen LogP contribution in [-0.4, -0.2) is 36.2 Å². The lowest BCUT2D eigenvalue weighted by Crippen LogP contribution is -2.37. The largest absolute Gasteiger partial charge is 0.392 e. The van der Waals surface area contributed by atoms with Crippen LogP contribution in [0.2, 0.25) is 0 Å². The van der Waals surface area contributed by atoms with Gasteiger partial charge in [0.2, 0.25) is 0 Å². The maximum atomic E-state index is 12.5. The molecule has 0 aliphatic carbocycles. The van der Waals surface area contributed by atoms with Crippen molar-refractivity contribution in [3.8, 4) is 0 Å². The molecule has 1 fully saturated rings. The Morgan fingerprint density at radius 3 is 2.50 bits per heavy atom. The molecular formula is C26H35NO3.